The van der Waals surface area contributed by atoms with Gasteiger partial charge in [0.25, 0.3) is 0 Å². The van der Waals surface area contributed by atoms with Crippen LogP contribution in [-0.4, -0.2) is 0 Å². The van der Waals surface area contributed by atoms with Gasteiger partial charge in [-0.15, -0.1) is 0 Å². The van der Waals surface area contributed by atoms with Gasteiger partial charge in [0.15, 0.2) is 0 Å². The zero-order chi connectivity index (χ0) is 9.26. The van der Waals surface area contributed by atoms with Crippen molar-refractivity contribution in [3.05, 3.63) is 0 Å². The Hall–Kier alpha value is 0. The Bertz CT molecular complexity index is 155. The minimum atomic E-state index is 1.04. The highest BCUT2D eigenvalue weighted by atomic mass is 14.4. The summed E-state index contributed by atoms with van der Waals surface area (Å²) in [5.41, 5.74) is 0. The van der Waals surface area contributed by atoms with E-state index in [0.717, 1.165) is 23.7 Å². The number of hydrogen-bond acceptors (Lipinski definition) is 0. The van der Waals surface area contributed by atoms with Crippen LogP contribution in [0.5, 0.6) is 0 Å². The third-order valence-corrected chi connectivity index (χ3v) is 4.62. The van der Waals surface area contributed by atoms with E-state index in [1.807, 2.05) is 0 Å². The van der Waals surface area contributed by atoms with E-state index in [9.17, 15) is 0 Å². The second-order valence-electron chi connectivity index (χ2n) is 5.43. The van der Waals surface area contributed by atoms with Crippen LogP contribution >= 0.6 is 0 Å². The first kappa shape index (κ1) is 9.55. The second-order valence-corrected chi connectivity index (χ2v) is 5.43. The Morgan fingerprint density at radius 2 is 1.77 bits per heavy atom. The average Bonchev–Trinajstić information content (AvgIpc) is 2.72. The van der Waals surface area contributed by atoms with Crippen molar-refractivity contribution in [2.75, 3.05) is 0 Å². The van der Waals surface area contributed by atoms with Gasteiger partial charge in [0.05, 0.1) is 0 Å². The van der Waals surface area contributed by atoms with Gasteiger partial charge in [0.2, 0.25) is 0 Å². The van der Waals surface area contributed by atoms with Crippen molar-refractivity contribution in [2.24, 2.45) is 23.7 Å². The molecule has 0 spiro atoms. The van der Waals surface area contributed by atoms with Gasteiger partial charge in [0, 0.05) is 0 Å². The molecule has 2 aliphatic carbocycles. The molecular formula is C13H24. The first-order chi connectivity index (χ1) is 6.31. The highest BCUT2D eigenvalue weighted by Gasteiger charge is 2.36. The van der Waals surface area contributed by atoms with Gasteiger partial charge in [-0.3, -0.25) is 0 Å². The van der Waals surface area contributed by atoms with Crippen molar-refractivity contribution in [1.29, 1.82) is 0 Å². The van der Waals surface area contributed by atoms with Crippen molar-refractivity contribution >= 4 is 0 Å². The standard InChI is InChI=1S/C13H24/c1-3-11-8-10(2)13(9-11)12-6-4-5-7-12/h10-13H,3-9H2,1-2H3. The smallest absolute Gasteiger partial charge is 0.0357 e. The van der Waals surface area contributed by atoms with Gasteiger partial charge >= 0.3 is 0 Å². The predicted molar refractivity (Wildman–Crippen MR) is 57.6 cm³/mol. The van der Waals surface area contributed by atoms with Gasteiger partial charge in [-0.2, -0.15) is 0 Å². The summed E-state index contributed by atoms with van der Waals surface area (Å²) in [5.74, 6) is 4.33. The normalized spacial score (nSPS) is 41.5. The van der Waals surface area contributed by atoms with Crippen LogP contribution in [0.3, 0.4) is 0 Å². The molecule has 0 aliphatic heterocycles. The average molecular weight is 180 g/mol. The maximum atomic E-state index is 2.50. The number of hydrogen-bond donors (Lipinski definition) is 0. The third-order valence-electron chi connectivity index (χ3n) is 4.62. The van der Waals surface area contributed by atoms with Crippen molar-refractivity contribution < 1.29 is 0 Å². The molecule has 0 bridgehead atoms. The maximum Gasteiger partial charge on any atom is -0.0357 e. The van der Waals surface area contributed by atoms with Crippen LogP contribution in [0.4, 0.5) is 0 Å². The summed E-state index contributed by atoms with van der Waals surface area (Å²) in [7, 11) is 0. The topological polar surface area (TPSA) is 0 Å². The molecule has 0 heterocycles. The van der Waals surface area contributed by atoms with E-state index in [-0.39, 0.29) is 0 Å². The van der Waals surface area contributed by atoms with E-state index in [2.05, 4.69) is 13.8 Å². The molecule has 13 heavy (non-hydrogen) atoms. The summed E-state index contributed by atoms with van der Waals surface area (Å²) in [6.45, 7) is 4.87. The highest BCUT2D eigenvalue weighted by molar-refractivity contribution is 4.86. The second kappa shape index (κ2) is 4.02. The Labute approximate surface area is 83.1 Å². The van der Waals surface area contributed by atoms with Gasteiger partial charge in [-0.1, -0.05) is 46.0 Å². The first-order valence-electron chi connectivity index (χ1n) is 6.31. The fourth-order valence-electron chi connectivity index (χ4n) is 3.79. The molecule has 0 aromatic rings. The molecule has 0 N–H and O–H groups in total. The fourth-order valence-corrected chi connectivity index (χ4v) is 3.79. The van der Waals surface area contributed by atoms with Crippen molar-refractivity contribution in [3.63, 3.8) is 0 Å². The minimum Gasteiger partial charge on any atom is -0.0651 e. The lowest BCUT2D eigenvalue weighted by Gasteiger charge is -2.22. The SMILES string of the molecule is CCC1CC(C)C(C2CCCC2)C1. The molecule has 2 fully saturated rings. The molecule has 2 rings (SSSR count). The van der Waals surface area contributed by atoms with E-state index in [0.29, 0.717) is 0 Å². The Balaban J connectivity index is 1.91. The van der Waals surface area contributed by atoms with Crippen LogP contribution in [0.1, 0.15) is 58.8 Å². The summed E-state index contributed by atoms with van der Waals surface area (Å²) in [6, 6.07) is 0. The van der Waals surface area contributed by atoms with E-state index in [1.165, 1.54) is 25.7 Å². The maximum absolute atomic E-state index is 2.50. The van der Waals surface area contributed by atoms with Crippen LogP contribution in [0.25, 0.3) is 0 Å². The van der Waals surface area contributed by atoms with E-state index in [4.69, 9.17) is 0 Å². The van der Waals surface area contributed by atoms with Crippen molar-refractivity contribution in [3.8, 4) is 0 Å². The molecule has 2 saturated carbocycles. The van der Waals surface area contributed by atoms with Crippen LogP contribution in [0, 0.1) is 23.7 Å². The lowest BCUT2D eigenvalue weighted by Crippen LogP contribution is -2.14. The minimum absolute atomic E-state index is 1.04. The van der Waals surface area contributed by atoms with Crippen LogP contribution in [-0.2, 0) is 0 Å². The molecule has 0 heteroatoms. The summed E-state index contributed by atoms with van der Waals surface area (Å²) in [5, 5.41) is 0. The highest BCUT2D eigenvalue weighted by Crippen LogP contribution is 2.46. The van der Waals surface area contributed by atoms with Crippen LogP contribution in [0.2, 0.25) is 0 Å². The van der Waals surface area contributed by atoms with Gasteiger partial charge < -0.3 is 0 Å². The molecule has 76 valence electrons. The zero-order valence-corrected chi connectivity index (χ0v) is 9.26. The summed E-state index contributed by atoms with van der Waals surface area (Å²) < 4.78 is 0. The molecular weight excluding hydrogens is 156 g/mol. The number of rotatable bonds is 2. The molecule has 3 atom stereocenters. The Kier molecular flexibility index (Phi) is 2.96. The summed E-state index contributed by atoms with van der Waals surface area (Å²) in [6.07, 6.45) is 10.6. The first-order valence-corrected chi connectivity index (χ1v) is 6.31. The monoisotopic (exact) mass is 180 g/mol. The molecule has 0 saturated heterocycles. The van der Waals surface area contributed by atoms with Gasteiger partial charge in [-0.05, 0) is 36.5 Å². The van der Waals surface area contributed by atoms with E-state index in [1.54, 1.807) is 19.3 Å². The Morgan fingerprint density at radius 1 is 1.08 bits per heavy atom. The fraction of sp³-hybridized carbons (Fsp3) is 1.00. The zero-order valence-electron chi connectivity index (χ0n) is 9.26. The predicted octanol–water partition coefficient (Wildman–Crippen LogP) is 4.25. The van der Waals surface area contributed by atoms with Gasteiger partial charge in [-0.25, -0.2) is 0 Å². The van der Waals surface area contributed by atoms with Gasteiger partial charge in [0.1, 0.15) is 0 Å². The molecule has 2 aliphatic rings. The summed E-state index contributed by atoms with van der Waals surface area (Å²) in [4.78, 5) is 0. The van der Waals surface area contributed by atoms with Crippen LogP contribution < -0.4 is 0 Å². The Morgan fingerprint density at radius 3 is 2.31 bits per heavy atom. The van der Waals surface area contributed by atoms with E-state index < -0.39 is 0 Å². The molecule has 0 radical (unpaired) electrons. The molecule has 3 unspecified atom stereocenters. The largest absolute Gasteiger partial charge is 0.0651 e. The lowest BCUT2D eigenvalue weighted by atomic mass is 9.83. The lowest BCUT2D eigenvalue weighted by molar-refractivity contribution is 0.277. The quantitative estimate of drug-likeness (QED) is 0.596. The molecule has 0 aromatic carbocycles. The molecule has 0 amide bonds. The van der Waals surface area contributed by atoms with E-state index >= 15 is 0 Å². The van der Waals surface area contributed by atoms with Crippen molar-refractivity contribution in [1.82, 2.24) is 0 Å². The van der Waals surface area contributed by atoms with Crippen LogP contribution in [0.15, 0.2) is 0 Å². The third kappa shape index (κ3) is 1.92. The summed E-state index contributed by atoms with van der Waals surface area (Å²) >= 11 is 0. The van der Waals surface area contributed by atoms with Crippen molar-refractivity contribution in [2.45, 2.75) is 58.8 Å². The molecule has 0 aromatic heterocycles. The molecule has 0 nitrogen and oxygen atoms in total.